The molecule has 0 spiro atoms. The number of thioether (sulfide) groups is 1. The van der Waals surface area contributed by atoms with Crippen LogP contribution in [0.4, 0.5) is 0 Å². The highest BCUT2D eigenvalue weighted by atomic mass is 32.3. The Hall–Kier alpha value is -3.04. The quantitative estimate of drug-likeness (QED) is 0.0997. The molecule has 4 N–H and O–H groups in total. The predicted molar refractivity (Wildman–Crippen MR) is 172 cm³/mol. The zero-order chi connectivity index (χ0) is 31.5. The van der Waals surface area contributed by atoms with Gasteiger partial charge in [-0.3, -0.25) is 19.5 Å². The zero-order valence-electron chi connectivity index (χ0n) is 26.4. The highest BCUT2D eigenvalue weighted by Crippen LogP contribution is 2.59. The molecule has 8 heteroatoms. The van der Waals surface area contributed by atoms with E-state index in [-0.39, 0.29) is 5.03 Å². The monoisotopic (exact) mass is 610 g/mol. The molecule has 4 rings (SSSR count). The van der Waals surface area contributed by atoms with Gasteiger partial charge in [-0.15, -0.1) is 10.6 Å². The molecule has 0 aliphatic rings. The molecular weight excluding hydrogens is 565 g/mol. The Morgan fingerprint density at radius 2 is 1.07 bits per heavy atom. The fourth-order valence-electron chi connectivity index (χ4n) is 5.02. The molecule has 0 bridgehead atoms. The van der Waals surface area contributed by atoms with E-state index in [0.29, 0.717) is 10.9 Å². The largest absolute Gasteiger partial charge is 0.345 e. The number of hydrogen-bond acceptors (Lipinski definition) is 5. The number of nitrogens with zero attached hydrogens (tertiary/aromatic N) is 2. The van der Waals surface area contributed by atoms with Crippen LogP contribution in [0.5, 0.6) is 0 Å². The predicted octanol–water partition coefficient (Wildman–Crippen LogP) is 8.61. The number of rotatable bonds is 6. The summed E-state index contributed by atoms with van der Waals surface area (Å²) in [6, 6.07) is 19.9. The molecule has 0 aliphatic carbocycles. The van der Waals surface area contributed by atoms with Gasteiger partial charge in [0, 0.05) is 52.8 Å². The number of aryl methyl sites for hydroxylation is 8. The van der Waals surface area contributed by atoms with Gasteiger partial charge >= 0.3 is 5.03 Å². The normalized spacial score (nSPS) is 13.2. The summed E-state index contributed by atoms with van der Waals surface area (Å²) in [7, 11) is -3.19. The first-order valence-corrected chi connectivity index (χ1v) is 16.5. The van der Waals surface area contributed by atoms with Crippen molar-refractivity contribution >= 4 is 22.4 Å². The maximum absolute atomic E-state index is 10.8. The Bertz CT molecular complexity index is 1590. The van der Waals surface area contributed by atoms with Crippen molar-refractivity contribution < 1.29 is 29.0 Å². The van der Waals surface area contributed by atoms with Crippen LogP contribution in [0.15, 0.2) is 70.7 Å². The molecule has 2 aromatic carbocycles. The smallest absolute Gasteiger partial charge is 0.290 e. The Morgan fingerprint density at radius 3 is 1.64 bits per heavy atom. The maximum Gasteiger partial charge on any atom is 0.345 e. The fourth-order valence-corrected chi connectivity index (χ4v) is 7.99. The van der Waals surface area contributed by atoms with Gasteiger partial charge in [-0.25, -0.2) is 0 Å². The Labute approximate surface area is 257 Å². The molecule has 0 fully saturated rings. The van der Waals surface area contributed by atoms with Crippen LogP contribution in [-0.4, -0.2) is 19.5 Å². The van der Waals surface area contributed by atoms with Gasteiger partial charge in [0.2, 0.25) is 11.4 Å². The van der Waals surface area contributed by atoms with E-state index in [1.807, 2.05) is 58.0 Å². The molecule has 0 radical (unpaired) electrons. The van der Waals surface area contributed by atoms with Crippen LogP contribution in [0.25, 0.3) is 0 Å². The maximum atomic E-state index is 10.8. The van der Waals surface area contributed by atoms with Gasteiger partial charge in [0.1, 0.15) is 0 Å². The molecule has 0 aliphatic heterocycles. The van der Waals surface area contributed by atoms with E-state index in [0.717, 1.165) is 37.7 Å². The first kappa shape index (κ1) is 33.5. The van der Waals surface area contributed by atoms with Crippen molar-refractivity contribution in [3.63, 3.8) is 0 Å². The summed E-state index contributed by atoms with van der Waals surface area (Å²) in [6.07, 6.45) is 0. The first-order valence-electron chi connectivity index (χ1n) is 14.1. The average molecular weight is 611 g/mol. The van der Waals surface area contributed by atoms with Crippen molar-refractivity contribution in [3.8, 4) is 0 Å². The van der Waals surface area contributed by atoms with E-state index in [4.69, 9.17) is 0 Å². The lowest BCUT2D eigenvalue weighted by Gasteiger charge is -2.35. The minimum Gasteiger partial charge on any atom is -0.290 e. The molecule has 0 saturated heterocycles. The van der Waals surface area contributed by atoms with Crippen LogP contribution in [0.3, 0.4) is 0 Å². The molecule has 2 unspecified atom stereocenters. The summed E-state index contributed by atoms with van der Waals surface area (Å²) in [4.78, 5) is 0. The number of benzene rings is 2. The Balaban J connectivity index is 0.000000231. The number of aromatic nitrogens is 2. The first-order chi connectivity index (χ1) is 19.5. The third kappa shape index (κ3) is 7.67. The van der Waals surface area contributed by atoms with E-state index in [1.54, 1.807) is 37.7 Å². The van der Waals surface area contributed by atoms with Crippen molar-refractivity contribution in [2.24, 2.45) is 0 Å². The zero-order valence-corrected chi connectivity index (χ0v) is 28.1. The third-order valence-electron chi connectivity index (χ3n) is 7.50. The van der Waals surface area contributed by atoms with Gasteiger partial charge in [-0.05, 0) is 101 Å². The molecule has 42 heavy (non-hydrogen) atoms. The van der Waals surface area contributed by atoms with Crippen LogP contribution in [0, 0.1) is 55.4 Å². The molecule has 2 aromatic heterocycles. The van der Waals surface area contributed by atoms with Gasteiger partial charge in [-0.2, -0.15) is 0 Å². The molecule has 6 nitrogen and oxygen atoms in total. The summed E-state index contributed by atoms with van der Waals surface area (Å²) in [5.74, 6) is 0. The summed E-state index contributed by atoms with van der Waals surface area (Å²) >= 11 is 1.69. The number of hydrogen-bond donors (Lipinski definition) is 4. The summed E-state index contributed by atoms with van der Waals surface area (Å²) in [6.45, 7) is 19.7. The lowest BCUT2D eigenvalue weighted by atomic mass is 10.0. The summed E-state index contributed by atoms with van der Waals surface area (Å²) < 4.78 is 23.8. The minimum absolute atomic E-state index is 0.151. The van der Waals surface area contributed by atoms with E-state index in [1.165, 1.54) is 27.0 Å². The van der Waals surface area contributed by atoms with Crippen molar-refractivity contribution in [2.75, 3.05) is 0 Å². The van der Waals surface area contributed by atoms with Crippen molar-refractivity contribution in [2.45, 2.75) is 89.8 Å². The van der Waals surface area contributed by atoms with Crippen molar-refractivity contribution in [3.05, 3.63) is 117 Å². The highest BCUT2D eigenvalue weighted by molar-refractivity contribution is 8.24. The molecule has 2 heterocycles. The van der Waals surface area contributed by atoms with Gasteiger partial charge in [0.05, 0.1) is 5.25 Å². The summed E-state index contributed by atoms with van der Waals surface area (Å²) in [5.41, 5.74) is 10.3. The standard InChI is InChI=1S/C17H23NO3S.C17H22NOS/c1-11-6-7-13(3)16(9-11)15(5)22(20,21)17-10-12(2)8-14(4)18(17)19;1-11-6-7-13(3)16(9-11)15(5)20-17-10-12(2)8-14(4)18(17)19/h6-10,15H,1-5H3,(H2-,19,20,21);6-10,15,19H,1-5H3/q;+1/p+1. The topological polar surface area (TPSA) is 88.7 Å². The van der Waals surface area contributed by atoms with Gasteiger partial charge in [0.15, 0.2) is 0 Å². The van der Waals surface area contributed by atoms with Crippen LogP contribution in [-0.2, 0) is 0 Å². The fraction of sp³-hybridized carbons (Fsp3) is 0.353. The van der Waals surface area contributed by atoms with Crippen LogP contribution in [0.1, 0.15) is 80.2 Å². The van der Waals surface area contributed by atoms with E-state index in [9.17, 15) is 19.5 Å². The summed E-state index contributed by atoms with van der Waals surface area (Å²) in [5, 5.41) is 21.2. The second kappa shape index (κ2) is 13.5. The van der Waals surface area contributed by atoms with Crippen LogP contribution >= 0.6 is 22.4 Å². The second-order valence-electron chi connectivity index (χ2n) is 11.4. The van der Waals surface area contributed by atoms with Crippen molar-refractivity contribution in [1.29, 1.82) is 0 Å². The minimum atomic E-state index is -3.19. The molecule has 226 valence electrons. The molecule has 2 atom stereocenters. The highest BCUT2D eigenvalue weighted by Gasteiger charge is 2.36. The van der Waals surface area contributed by atoms with E-state index >= 15 is 0 Å². The van der Waals surface area contributed by atoms with Crippen LogP contribution in [0.2, 0.25) is 0 Å². The number of pyridine rings is 2. The molecule has 0 saturated carbocycles. The van der Waals surface area contributed by atoms with E-state index < -0.39 is 15.8 Å². The van der Waals surface area contributed by atoms with Gasteiger partial charge < -0.3 is 0 Å². The van der Waals surface area contributed by atoms with Gasteiger partial charge in [0.25, 0.3) is 5.03 Å². The van der Waals surface area contributed by atoms with E-state index in [2.05, 4.69) is 45.9 Å². The second-order valence-corrected chi connectivity index (χ2v) is 15.0. The van der Waals surface area contributed by atoms with Crippen molar-refractivity contribution in [1.82, 2.24) is 0 Å². The Kier molecular flexibility index (Phi) is 10.8. The van der Waals surface area contributed by atoms with Crippen LogP contribution < -0.4 is 9.46 Å². The van der Waals surface area contributed by atoms with Gasteiger partial charge in [-0.1, -0.05) is 47.5 Å². The third-order valence-corrected chi connectivity index (χ3v) is 10.8. The average Bonchev–Trinajstić information content (AvgIpc) is 2.91. The Morgan fingerprint density at radius 1 is 0.595 bits per heavy atom. The molecular formula is C34H46N2O4S2+2. The lowest BCUT2D eigenvalue weighted by molar-refractivity contribution is -0.937. The SMILES string of the molecule is Cc1ccc(C)c(C(C)S(O)(O)c2cc(C)cc(C)[n+]2O)c1.Cc1ccc(C)c(C(C)Sc2cc(C)cc(C)[n+]2O)c1. The molecule has 4 aromatic rings. The molecule has 0 amide bonds. The lowest BCUT2D eigenvalue weighted by Crippen LogP contribution is -2.39.